The largest absolute Gasteiger partial charge is 0.284 e. The van der Waals surface area contributed by atoms with E-state index in [0.29, 0.717) is 10.7 Å². The Kier molecular flexibility index (Phi) is 5.50. The van der Waals surface area contributed by atoms with E-state index in [1.807, 2.05) is 13.0 Å². The summed E-state index contributed by atoms with van der Waals surface area (Å²) in [4.78, 5) is 14.7. The average Bonchev–Trinajstić information content (AvgIpc) is 2.21. The van der Waals surface area contributed by atoms with Crippen LogP contribution in [-0.2, 0) is 0 Å². The molecule has 0 aliphatic heterocycles. The number of hydrogen-bond donors (Lipinski definition) is 0. The third kappa shape index (κ3) is 3.70. The molecular weight excluding hydrogens is 250 g/mol. The minimum atomic E-state index is 0.000975. The SMILES string of the molecule is CCSC(=O)c1[nH+]c(SCC)ccc1Cl. The van der Waals surface area contributed by atoms with Crippen molar-refractivity contribution in [1.82, 2.24) is 0 Å². The van der Waals surface area contributed by atoms with Gasteiger partial charge >= 0.3 is 0 Å². The highest BCUT2D eigenvalue weighted by Gasteiger charge is 2.19. The Morgan fingerprint density at radius 1 is 1.40 bits per heavy atom. The molecule has 82 valence electrons. The molecule has 1 aromatic heterocycles. The van der Waals surface area contributed by atoms with E-state index in [0.717, 1.165) is 16.5 Å². The van der Waals surface area contributed by atoms with Crippen LogP contribution in [0.15, 0.2) is 17.2 Å². The molecule has 5 heteroatoms. The van der Waals surface area contributed by atoms with Gasteiger partial charge in [0, 0.05) is 11.8 Å². The van der Waals surface area contributed by atoms with Gasteiger partial charge in [0.1, 0.15) is 5.02 Å². The van der Waals surface area contributed by atoms with Crippen LogP contribution in [0.4, 0.5) is 0 Å². The Balaban J connectivity index is 2.94. The fourth-order valence-electron chi connectivity index (χ4n) is 1.05. The molecule has 1 aromatic rings. The van der Waals surface area contributed by atoms with Gasteiger partial charge in [0.15, 0.2) is 0 Å². The fraction of sp³-hybridized carbons (Fsp3) is 0.400. The van der Waals surface area contributed by atoms with Crippen molar-refractivity contribution in [3.8, 4) is 0 Å². The Bertz CT molecular complexity index is 357. The number of hydrogen-bond acceptors (Lipinski definition) is 3. The number of rotatable bonds is 4. The van der Waals surface area contributed by atoms with Gasteiger partial charge in [-0.2, -0.15) is 4.98 Å². The van der Waals surface area contributed by atoms with Gasteiger partial charge in [0.2, 0.25) is 5.03 Å². The van der Waals surface area contributed by atoms with Crippen molar-refractivity contribution in [3.63, 3.8) is 0 Å². The zero-order valence-corrected chi connectivity index (χ0v) is 11.1. The van der Waals surface area contributed by atoms with Crippen LogP contribution >= 0.6 is 35.1 Å². The molecule has 0 aliphatic carbocycles. The van der Waals surface area contributed by atoms with Crippen LogP contribution in [0.2, 0.25) is 5.02 Å². The predicted octanol–water partition coefficient (Wildman–Crippen LogP) is 3.16. The lowest BCUT2D eigenvalue weighted by molar-refractivity contribution is -0.429. The molecule has 0 radical (unpaired) electrons. The standard InChI is InChI=1S/C10H12ClNOS2/c1-3-14-8-6-5-7(11)9(12-8)10(13)15-4-2/h5-6H,3-4H2,1-2H3/p+1. The highest BCUT2D eigenvalue weighted by Crippen LogP contribution is 2.20. The van der Waals surface area contributed by atoms with E-state index in [-0.39, 0.29) is 5.12 Å². The molecule has 15 heavy (non-hydrogen) atoms. The van der Waals surface area contributed by atoms with Crippen molar-refractivity contribution >= 4 is 40.2 Å². The van der Waals surface area contributed by atoms with E-state index in [9.17, 15) is 4.79 Å². The average molecular weight is 263 g/mol. The predicted molar refractivity (Wildman–Crippen MR) is 66.9 cm³/mol. The van der Waals surface area contributed by atoms with E-state index in [2.05, 4.69) is 11.9 Å². The topological polar surface area (TPSA) is 31.2 Å². The molecule has 1 N–H and O–H groups in total. The summed E-state index contributed by atoms with van der Waals surface area (Å²) in [6.07, 6.45) is 0. The van der Waals surface area contributed by atoms with Crippen LogP contribution in [0.1, 0.15) is 24.3 Å². The first-order valence-electron chi connectivity index (χ1n) is 4.70. The molecule has 2 nitrogen and oxygen atoms in total. The van der Waals surface area contributed by atoms with Crippen LogP contribution < -0.4 is 4.98 Å². The molecule has 0 atom stereocenters. The second-order valence-corrected chi connectivity index (χ2v) is 5.65. The second-order valence-electron chi connectivity index (χ2n) is 2.70. The van der Waals surface area contributed by atoms with Gasteiger partial charge in [0.25, 0.3) is 10.8 Å². The number of carbonyl (C=O) groups is 1. The molecule has 1 heterocycles. The summed E-state index contributed by atoms with van der Waals surface area (Å²) in [5.41, 5.74) is 0.502. The van der Waals surface area contributed by atoms with E-state index in [1.54, 1.807) is 17.8 Å². The number of pyridine rings is 1. The first-order chi connectivity index (χ1) is 7.19. The number of nitrogens with one attached hydrogen (secondary N) is 1. The smallest absolute Gasteiger partial charge is 0.275 e. The lowest BCUT2D eigenvalue weighted by Crippen LogP contribution is -2.18. The summed E-state index contributed by atoms with van der Waals surface area (Å²) in [5, 5.41) is 1.46. The zero-order valence-electron chi connectivity index (χ0n) is 8.67. The molecule has 0 aromatic carbocycles. The Morgan fingerprint density at radius 3 is 2.73 bits per heavy atom. The maximum atomic E-state index is 11.7. The first-order valence-corrected chi connectivity index (χ1v) is 7.05. The highest BCUT2D eigenvalue weighted by atomic mass is 35.5. The van der Waals surface area contributed by atoms with Gasteiger partial charge in [-0.3, -0.25) is 4.79 Å². The Morgan fingerprint density at radius 2 is 2.13 bits per heavy atom. The highest BCUT2D eigenvalue weighted by molar-refractivity contribution is 8.14. The molecule has 0 saturated carbocycles. The summed E-state index contributed by atoms with van der Waals surface area (Å²) in [5.74, 6) is 1.72. The molecule has 0 fully saturated rings. The van der Waals surface area contributed by atoms with Crippen LogP contribution in [-0.4, -0.2) is 16.6 Å². The molecule has 0 spiro atoms. The van der Waals surface area contributed by atoms with Gasteiger partial charge in [-0.1, -0.05) is 49.0 Å². The van der Waals surface area contributed by atoms with Crippen LogP contribution in [0.25, 0.3) is 0 Å². The third-order valence-electron chi connectivity index (χ3n) is 1.65. The maximum absolute atomic E-state index is 11.7. The molecular formula is C10H13ClNOS2+. The number of aromatic amines is 1. The second kappa shape index (κ2) is 6.40. The summed E-state index contributed by atoms with van der Waals surface area (Å²) in [6, 6.07) is 3.66. The van der Waals surface area contributed by atoms with Gasteiger partial charge < -0.3 is 0 Å². The lowest BCUT2D eigenvalue weighted by Gasteiger charge is -1.97. The van der Waals surface area contributed by atoms with Crippen molar-refractivity contribution < 1.29 is 9.78 Å². The van der Waals surface area contributed by atoms with Crippen molar-refractivity contribution in [2.75, 3.05) is 11.5 Å². The lowest BCUT2D eigenvalue weighted by atomic mass is 10.4. The summed E-state index contributed by atoms with van der Waals surface area (Å²) in [6.45, 7) is 4.01. The summed E-state index contributed by atoms with van der Waals surface area (Å²) in [7, 11) is 0. The molecule has 0 unspecified atom stereocenters. The van der Waals surface area contributed by atoms with Crippen molar-refractivity contribution in [2.45, 2.75) is 18.9 Å². The van der Waals surface area contributed by atoms with E-state index in [4.69, 9.17) is 11.6 Å². The maximum Gasteiger partial charge on any atom is 0.284 e. The van der Waals surface area contributed by atoms with E-state index >= 15 is 0 Å². The van der Waals surface area contributed by atoms with Crippen LogP contribution in [0, 0.1) is 0 Å². The van der Waals surface area contributed by atoms with E-state index in [1.165, 1.54) is 11.8 Å². The van der Waals surface area contributed by atoms with Crippen LogP contribution in [0.3, 0.4) is 0 Å². The quantitative estimate of drug-likeness (QED) is 0.781. The van der Waals surface area contributed by atoms with Gasteiger partial charge in [0.05, 0.1) is 0 Å². The van der Waals surface area contributed by atoms with E-state index < -0.39 is 0 Å². The molecule has 0 amide bonds. The Labute approximate surface area is 103 Å². The minimum absolute atomic E-state index is 0.000975. The van der Waals surface area contributed by atoms with Crippen molar-refractivity contribution in [3.05, 3.63) is 22.8 Å². The summed E-state index contributed by atoms with van der Waals surface area (Å²) >= 11 is 8.87. The zero-order chi connectivity index (χ0) is 11.3. The molecule has 0 aliphatic rings. The fourth-order valence-corrected chi connectivity index (χ4v) is 2.52. The van der Waals surface area contributed by atoms with Crippen molar-refractivity contribution in [2.24, 2.45) is 0 Å². The number of carbonyl (C=O) groups excluding carboxylic acids is 1. The van der Waals surface area contributed by atoms with Gasteiger partial charge in [-0.25, -0.2) is 0 Å². The third-order valence-corrected chi connectivity index (χ3v) is 3.56. The summed E-state index contributed by atoms with van der Waals surface area (Å²) < 4.78 is 0. The number of aromatic nitrogens is 1. The van der Waals surface area contributed by atoms with Crippen LogP contribution in [0.5, 0.6) is 0 Å². The Hall–Kier alpha value is -0.190. The molecule has 1 rings (SSSR count). The monoisotopic (exact) mass is 262 g/mol. The number of H-pyrrole nitrogens is 1. The minimum Gasteiger partial charge on any atom is -0.275 e. The first kappa shape index (κ1) is 12.9. The normalized spacial score (nSPS) is 10.3. The van der Waals surface area contributed by atoms with Gasteiger partial charge in [-0.15, -0.1) is 0 Å². The van der Waals surface area contributed by atoms with Crippen molar-refractivity contribution in [1.29, 1.82) is 0 Å². The van der Waals surface area contributed by atoms with Gasteiger partial charge in [-0.05, 0) is 11.8 Å². The molecule has 0 bridgehead atoms. The molecule has 0 saturated heterocycles. The number of thioether (sulfide) groups is 2. The number of halogens is 1.